The van der Waals surface area contributed by atoms with Crippen LogP contribution in [-0.2, 0) is 16.8 Å². The molecule has 1 saturated heterocycles. The van der Waals surface area contributed by atoms with Crippen molar-refractivity contribution in [2.45, 2.75) is 92.0 Å². The number of aromatic nitrogens is 5. The van der Waals surface area contributed by atoms with Crippen molar-refractivity contribution < 1.29 is 4.74 Å². The van der Waals surface area contributed by atoms with Gasteiger partial charge in [-0.05, 0) is 98.0 Å². The maximum Gasteiger partial charge on any atom is 0.252 e. The topological polar surface area (TPSA) is 88.9 Å². The van der Waals surface area contributed by atoms with E-state index in [2.05, 4.69) is 86.0 Å². The first-order valence-electron chi connectivity index (χ1n) is 12.9. The number of benzene rings is 1. The second-order valence-electron chi connectivity index (χ2n) is 11.0. The molecule has 4 rings (SSSR count). The number of hydrogen-bond donors (Lipinski definition) is 1. The molecule has 0 radical (unpaired) electrons. The van der Waals surface area contributed by atoms with Gasteiger partial charge in [-0.25, -0.2) is 4.68 Å². The maximum atomic E-state index is 13.2. The highest BCUT2D eigenvalue weighted by molar-refractivity contribution is 5.80. The van der Waals surface area contributed by atoms with Crippen molar-refractivity contribution in [1.29, 1.82) is 0 Å². The Bertz CT molecular complexity index is 1220. The highest BCUT2D eigenvalue weighted by atomic mass is 16.5. The van der Waals surface area contributed by atoms with Crippen LogP contribution in [0.15, 0.2) is 23.0 Å². The molecule has 0 bridgehead atoms. The number of rotatable bonds is 9. The van der Waals surface area contributed by atoms with Crippen LogP contribution in [0.4, 0.5) is 0 Å². The predicted molar refractivity (Wildman–Crippen MR) is 138 cm³/mol. The summed E-state index contributed by atoms with van der Waals surface area (Å²) in [6, 6.07) is 6.19. The lowest BCUT2D eigenvalue weighted by atomic mass is 9.97. The van der Waals surface area contributed by atoms with Gasteiger partial charge in [0.05, 0.1) is 17.7 Å². The van der Waals surface area contributed by atoms with E-state index in [4.69, 9.17) is 4.74 Å². The van der Waals surface area contributed by atoms with Crippen LogP contribution in [-0.4, -0.2) is 49.3 Å². The zero-order valence-corrected chi connectivity index (χ0v) is 22.3. The number of ether oxygens (including phenoxy) is 1. The number of fused-ring (bicyclic) bond motifs is 1. The highest BCUT2D eigenvalue weighted by Crippen LogP contribution is 2.33. The van der Waals surface area contributed by atoms with E-state index < -0.39 is 0 Å². The normalized spacial score (nSPS) is 17.7. The first-order valence-corrected chi connectivity index (χ1v) is 12.9. The Morgan fingerprint density at radius 3 is 2.63 bits per heavy atom. The van der Waals surface area contributed by atoms with Gasteiger partial charge in [0.25, 0.3) is 5.56 Å². The van der Waals surface area contributed by atoms with Gasteiger partial charge in [0.1, 0.15) is 0 Å². The van der Waals surface area contributed by atoms with Crippen LogP contribution in [0.2, 0.25) is 0 Å². The molecular formula is C27H40N6O2. The Balaban J connectivity index is 1.77. The molecule has 190 valence electrons. The van der Waals surface area contributed by atoms with Crippen LogP contribution in [0.3, 0.4) is 0 Å². The first kappa shape index (κ1) is 25.5. The van der Waals surface area contributed by atoms with Crippen molar-refractivity contribution in [2.24, 2.45) is 5.92 Å². The monoisotopic (exact) mass is 480 g/mol. The zero-order valence-electron chi connectivity index (χ0n) is 22.3. The minimum absolute atomic E-state index is 0.0471. The second-order valence-corrected chi connectivity index (χ2v) is 11.0. The summed E-state index contributed by atoms with van der Waals surface area (Å²) in [7, 11) is 0. The summed E-state index contributed by atoms with van der Waals surface area (Å²) in [5.74, 6) is 1.08. The van der Waals surface area contributed by atoms with E-state index in [0.29, 0.717) is 6.54 Å². The van der Waals surface area contributed by atoms with Gasteiger partial charge < -0.3 is 9.72 Å². The van der Waals surface area contributed by atoms with Gasteiger partial charge >= 0.3 is 0 Å². The molecule has 0 spiro atoms. The van der Waals surface area contributed by atoms with E-state index in [0.717, 1.165) is 54.7 Å². The van der Waals surface area contributed by atoms with E-state index in [1.807, 2.05) is 10.7 Å². The number of aryl methyl sites for hydroxylation is 2. The zero-order chi connectivity index (χ0) is 25.3. The lowest BCUT2D eigenvalue weighted by molar-refractivity contribution is 0.0368. The van der Waals surface area contributed by atoms with Crippen molar-refractivity contribution >= 4 is 10.9 Å². The van der Waals surface area contributed by atoms with E-state index in [-0.39, 0.29) is 29.2 Å². The third kappa shape index (κ3) is 5.33. The molecule has 1 N–H and O–H groups in total. The van der Waals surface area contributed by atoms with Gasteiger partial charge in [-0.15, -0.1) is 5.10 Å². The smallest absolute Gasteiger partial charge is 0.252 e. The Morgan fingerprint density at radius 1 is 1.23 bits per heavy atom. The summed E-state index contributed by atoms with van der Waals surface area (Å²) < 4.78 is 8.00. The van der Waals surface area contributed by atoms with Crippen LogP contribution in [0, 0.1) is 19.8 Å². The number of H-pyrrole nitrogens is 1. The number of aromatic amines is 1. The molecule has 8 nitrogen and oxygen atoms in total. The van der Waals surface area contributed by atoms with Gasteiger partial charge in [0.15, 0.2) is 5.82 Å². The summed E-state index contributed by atoms with van der Waals surface area (Å²) in [6.07, 6.45) is 3.15. The van der Waals surface area contributed by atoms with Gasteiger partial charge in [0.2, 0.25) is 0 Å². The fraction of sp³-hybridized carbons (Fsp3) is 0.630. The standard InChI is InChI=1S/C27H40N6O2/c1-8-27(6,7)33-25(29-30-31-33)24(17(2)3)32(16-22-10-9-11-35-22)15-21-14-20-12-18(4)19(5)13-23(20)28-26(21)34/h12-14,17,22,24H,8-11,15-16H2,1-7H3,(H,28,34). The molecule has 3 aromatic rings. The maximum absolute atomic E-state index is 13.2. The molecular weight excluding hydrogens is 440 g/mol. The predicted octanol–water partition coefficient (Wildman–Crippen LogP) is 4.65. The number of hydrogen-bond acceptors (Lipinski definition) is 6. The molecule has 8 heteroatoms. The summed E-state index contributed by atoms with van der Waals surface area (Å²) >= 11 is 0. The molecule has 1 aromatic carbocycles. The molecule has 2 aromatic heterocycles. The minimum atomic E-state index is -0.211. The number of nitrogens with one attached hydrogen (secondary N) is 1. The molecule has 2 atom stereocenters. The van der Waals surface area contributed by atoms with E-state index in [1.165, 1.54) is 11.1 Å². The number of tetrazole rings is 1. The molecule has 0 amide bonds. The molecule has 1 aliphatic heterocycles. The third-order valence-corrected chi connectivity index (χ3v) is 7.59. The fourth-order valence-electron chi connectivity index (χ4n) is 5.03. The van der Waals surface area contributed by atoms with Crippen LogP contribution in [0.1, 0.15) is 82.4 Å². The van der Waals surface area contributed by atoms with Crippen molar-refractivity contribution in [3.05, 3.63) is 51.1 Å². The Hall–Kier alpha value is -2.58. The highest BCUT2D eigenvalue weighted by Gasteiger charge is 2.35. The van der Waals surface area contributed by atoms with E-state index in [1.54, 1.807) is 0 Å². The lowest BCUT2D eigenvalue weighted by Gasteiger charge is -2.36. The van der Waals surface area contributed by atoms with Crippen molar-refractivity contribution in [2.75, 3.05) is 13.2 Å². The van der Waals surface area contributed by atoms with Crippen LogP contribution >= 0.6 is 0 Å². The Kier molecular flexibility index (Phi) is 7.43. The molecule has 0 aliphatic carbocycles. The fourth-order valence-corrected chi connectivity index (χ4v) is 5.03. The molecule has 1 fully saturated rings. The quantitative estimate of drug-likeness (QED) is 0.479. The SMILES string of the molecule is CCC(C)(C)n1nnnc1C(C(C)C)N(Cc1cc2cc(C)c(C)cc2[nH]c1=O)CC1CCCO1. The average molecular weight is 481 g/mol. The lowest BCUT2D eigenvalue weighted by Crippen LogP contribution is -2.41. The van der Waals surface area contributed by atoms with Crippen LogP contribution in [0.5, 0.6) is 0 Å². The van der Waals surface area contributed by atoms with E-state index in [9.17, 15) is 4.79 Å². The average Bonchev–Trinajstić information content (AvgIpc) is 3.48. The van der Waals surface area contributed by atoms with Crippen LogP contribution < -0.4 is 5.56 Å². The van der Waals surface area contributed by atoms with Gasteiger partial charge in [0, 0.05) is 30.8 Å². The minimum Gasteiger partial charge on any atom is -0.377 e. The molecule has 0 saturated carbocycles. The Labute approximate surface area is 208 Å². The van der Waals surface area contributed by atoms with Crippen molar-refractivity contribution in [1.82, 2.24) is 30.1 Å². The molecule has 2 unspecified atom stereocenters. The molecule has 3 heterocycles. The molecule has 35 heavy (non-hydrogen) atoms. The second kappa shape index (κ2) is 10.2. The van der Waals surface area contributed by atoms with Gasteiger partial charge in [-0.1, -0.05) is 20.8 Å². The summed E-state index contributed by atoms with van der Waals surface area (Å²) in [5.41, 5.74) is 3.75. The first-order chi connectivity index (χ1) is 16.6. The summed E-state index contributed by atoms with van der Waals surface area (Å²) in [5, 5.41) is 14.0. The van der Waals surface area contributed by atoms with Crippen molar-refractivity contribution in [3.8, 4) is 0 Å². The van der Waals surface area contributed by atoms with Crippen molar-refractivity contribution in [3.63, 3.8) is 0 Å². The largest absolute Gasteiger partial charge is 0.377 e. The number of pyridine rings is 1. The van der Waals surface area contributed by atoms with Gasteiger partial charge in [-0.3, -0.25) is 9.69 Å². The Morgan fingerprint density at radius 2 is 1.97 bits per heavy atom. The third-order valence-electron chi connectivity index (χ3n) is 7.59. The molecule has 1 aliphatic rings. The van der Waals surface area contributed by atoms with Crippen LogP contribution in [0.25, 0.3) is 10.9 Å². The van der Waals surface area contributed by atoms with Gasteiger partial charge in [-0.2, -0.15) is 0 Å². The summed E-state index contributed by atoms with van der Waals surface area (Å²) in [4.78, 5) is 18.7. The summed E-state index contributed by atoms with van der Waals surface area (Å²) in [6.45, 7) is 17.1. The van der Waals surface area contributed by atoms with E-state index >= 15 is 0 Å². The number of nitrogens with zero attached hydrogens (tertiary/aromatic N) is 5.